The number of fused-ring (bicyclic) bond motifs is 1. The summed E-state index contributed by atoms with van der Waals surface area (Å²) in [6, 6.07) is -0.0584. The van der Waals surface area contributed by atoms with Gasteiger partial charge in [-0.2, -0.15) is 0 Å². The van der Waals surface area contributed by atoms with Gasteiger partial charge in [-0.3, -0.25) is 19.3 Å². The summed E-state index contributed by atoms with van der Waals surface area (Å²) in [6.07, 6.45) is 1.63. The van der Waals surface area contributed by atoms with Crippen molar-refractivity contribution in [2.24, 2.45) is 5.16 Å². The van der Waals surface area contributed by atoms with E-state index in [0.29, 0.717) is 23.7 Å². The molecular weight excluding hydrogens is 594 g/mol. The van der Waals surface area contributed by atoms with E-state index in [1.165, 1.54) is 47.1 Å². The minimum absolute atomic E-state index is 0.130. The van der Waals surface area contributed by atoms with Crippen LogP contribution in [0.15, 0.2) is 26.8 Å². The number of β-lactam (4-membered cyclic amide) rings is 1. The van der Waals surface area contributed by atoms with Gasteiger partial charge >= 0.3 is 5.97 Å². The highest BCUT2D eigenvalue weighted by Crippen LogP contribution is 2.42. The van der Waals surface area contributed by atoms with E-state index in [1.807, 2.05) is 0 Å². The normalized spacial score (nSPS) is 19.6. The average molecular weight is 622 g/mol. The van der Waals surface area contributed by atoms with Crippen molar-refractivity contribution >= 4 is 84.0 Å². The molecule has 0 unspecified atom stereocenters. The molecule has 1 fully saturated rings. The predicted molar refractivity (Wildman–Crippen MR) is 148 cm³/mol. The number of alkyl halides is 1. The van der Waals surface area contributed by atoms with Crippen molar-refractivity contribution in [1.82, 2.24) is 19.8 Å². The zero-order chi connectivity index (χ0) is 27.9. The number of hydrogen-bond acceptors (Lipinski definition) is 13. The zero-order valence-corrected chi connectivity index (χ0v) is 25.4. The van der Waals surface area contributed by atoms with Crippen LogP contribution in [-0.4, -0.2) is 101 Å². The molecule has 2 atom stereocenters. The fourth-order valence-electron chi connectivity index (χ4n) is 3.35. The van der Waals surface area contributed by atoms with Crippen LogP contribution in [0, 0.1) is 0 Å². The lowest BCUT2D eigenvalue weighted by Crippen LogP contribution is -2.71. The van der Waals surface area contributed by atoms with E-state index < -0.39 is 54.6 Å². The molecule has 0 bridgehead atoms. The van der Waals surface area contributed by atoms with E-state index in [4.69, 9.17) is 21.1 Å². The number of nitrogens with one attached hydrogen (secondary N) is 1. The first-order valence-electron chi connectivity index (χ1n) is 11.4. The third kappa shape index (κ3) is 7.78. The topological polar surface area (TPSA) is 149 Å². The number of aromatic nitrogens is 2. The van der Waals surface area contributed by atoms with Crippen LogP contribution in [0.5, 0.6) is 0 Å². The van der Waals surface area contributed by atoms with E-state index in [9.17, 15) is 19.2 Å². The Hall–Kier alpha value is -1.98. The van der Waals surface area contributed by atoms with Gasteiger partial charge in [-0.05, 0) is 23.1 Å². The van der Waals surface area contributed by atoms with E-state index in [1.54, 1.807) is 6.20 Å². The molecule has 2 aliphatic heterocycles. The minimum Gasteiger partial charge on any atom is -0.434 e. The number of hydrogen-bond donors (Lipinski definition) is 1. The molecule has 1 aromatic rings. The quantitative estimate of drug-likeness (QED) is 0.0310. The molecule has 2 amide bonds. The number of nitrogens with zero attached hydrogens (tertiary/aromatic N) is 4. The largest absolute Gasteiger partial charge is 0.434 e. The van der Waals surface area contributed by atoms with Crippen molar-refractivity contribution in [2.45, 2.75) is 41.3 Å². The van der Waals surface area contributed by atoms with Crippen LogP contribution in [0.1, 0.15) is 0 Å². The Balaban J connectivity index is 1.73. The van der Waals surface area contributed by atoms with Crippen LogP contribution in [0.2, 0.25) is 25.7 Å². The second-order valence-corrected chi connectivity index (χ2v) is 18.3. The smallest absolute Gasteiger partial charge is 0.357 e. The SMILES string of the molecule is CO/N=C(/C(=O)CCl)C(=O)N[C@@H]1C(=O)N2C(C(=O)OCOCC[Si](C)(C)C)=C(CSc3cnns3)CS[C@H]12. The van der Waals surface area contributed by atoms with Gasteiger partial charge in [0.2, 0.25) is 11.5 Å². The van der Waals surface area contributed by atoms with Crippen LogP contribution >= 0.6 is 46.7 Å². The Morgan fingerprint density at radius 2 is 2.11 bits per heavy atom. The van der Waals surface area contributed by atoms with Crippen LogP contribution < -0.4 is 5.32 Å². The third-order valence-electron chi connectivity index (χ3n) is 5.31. The van der Waals surface area contributed by atoms with Crippen LogP contribution in [0.3, 0.4) is 0 Å². The van der Waals surface area contributed by atoms with Gasteiger partial charge in [-0.1, -0.05) is 29.3 Å². The molecule has 1 N–H and O–H groups in total. The van der Waals surface area contributed by atoms with Crippen molar-refractivity contribution in [3.8, 4) is 0 Å². The van der Waals surface area contributed by atoms with Crippen LogP contribution in [-0.2, 0) is 33.5 Å². The average Bonchev–Trinajstić information content (AvgIpc) is 3.40. The summed E-state index contributed by atoms with van der Waals surface area (Å²) >= 11 is 9.61. The second-order valence-electron chi connectivity index (χ2n) is 9.29. The van der Waals surface area contributed by atoms with Gasteiger partial charge in [-0.15, -0.1) is 40.2 Å². The van der Waals surface area contributed by atoms with Gasteiger partial charge < -0.3 is 19.6 Å². The number of thioether (sulfide) groups is 2. The maximum Gasteiger partial charge on any atom is 0.357 e. The maximum absolute atomic E-state index is 13.2. The fraction of sp³-hybridized carbons (Fsp3) is 0.571. The van der Waals surface area contributed by atoms with E-state index in [-0.39, 0.29) is 12.5 Å². The van der Waals surface area contributed by atoms with Gasteiger partial charge in [0.05, 0.1) is 12.1 Å². The molecule has 0 radical (unpaired) electrons. The number of esters is 1. The molecule has 1 saturated heterocycles. The molecular formula is C21H28ClN5O7S3Si. The number of carbonyl (C=O) groups excluding carboxylic acids is 4. The van der Waals surface area contributed by atoms with Crippen molar-refractivity contribution in [2.75, 3.05) is 37.9 Å². The number of ketones is 1. The Kier molecular flexibility index (Phi) is 11.2. The monoisotopic (exact) mass is 621 g/mol. The Morgan fingerprint density at radius 3 is 2.74 bits per heavy atom. The second kappa shape index (κ2) is 13.9. The third-order valence-corrected chi connectivity index (χ3v) is 10.5. The lowest BCUT2D eigenvalue weighted by Gasteiger charge is -2.49. The van der Waals surface area contributed by atoms with Gasteiger partial charge in [0.25, 0.3) is 11.8 Å². The van der Waals surface area contributed by atoms with Crippen molar-refractivity contribution < 1.29 is 33.5 Å². The molecule has 2 aliphatic rings. The summed E-state index contributed by atoms with van der Waals surface area (Å²) in [5.74, 6) is -2.48. The van der Waals surface area contributed by atoms with Gasteiger partial charge in [0, 0.05) is 26.2 Å². The highest BCUT2D eigenvalue weighted by molar-refractivity contribution is 8.01. The van der Waals surface area contributed by atoms with E-state index >= 15 is 0 Å². The number of Topliss-reactive ketones (excluding diaryl/α,β-unsaturated/α-hetero) is 1. The standard InChI is InChI=1S/C21H28ClN5O7S3Si/c1-32-25-15(13(28)7-22)18(29)24-16-19(30)27-17(21(31)34-11-33-5-6-38(2,3)4)12(10-36-20(16)27)9-35-14-8-23-26-37-14/h8,16,20H,5-7,9-11H2,1-4H3,(H,24,29)/b25-15-/t16-,20-/m1/s1. The number of ether oxygens (including phenoxy) is 2. The predicted octanol–water partition coefficient (Wildman–Crippen LogP) is 1.95. The number of amides is 2. The summed E-state index contributed by atoms with van der Waals surface area (Å²) in [7, 11) is -0.119. The molecule has 0 spiro atoms. The Labute approximate surface area is 238 Å². The summed E-state index contributed by atoms with van der Waals surface area (Å²) in [5, 5.41) is 9.19. The molecule has 3 rings (SSSR count). The summed E-state index contributed by atoms with van der Waals surface area (Å²) in [4.78, 5) is 56.8. The van der Waals surface area contributed by atoms with Crippen molar-refractivity contribution in [1.29, 1.82) is 0 Å². The lowest BCUT2D eigenvalue weighted by molar-refractivity contribution is -0.159. The van der Waals surface area contributed by atoms with Crippen molar-refractivity contribution in [3.05, 3.63) is 17.5 Å². The van der Waals surface area contributed by atoms with E-state index in [0.717, 1.165) is 10.3 Å². The summed E-state index contributed by atoms with van der Waals surface area (Å²) < 4.78 is 15.6. The first-order chi connectivity index (χ1) is 18.1. The van der Waals surface area contributed by atoms with Crippen LogP contribution in [0.4, 0.5) is 0 Å². The number of carbonyl (C=O) groups is 4. The summed E-state index contributed by atoms with van der Waals surface area (Å²) in [5.41, 5.74) is 0.287. The number of oxime groups is 1. The molecule has 38 heavy (non-hydrogen) atoms. The fourth-order valence-corrected chi connectivity index (χ4v) is 7.14. The molecule has 17 heteroatoms. The Bertz CT molecular complexity index is 1110. The van der Waals surface area contributed by atoms with Gasteiger partial charge in [0.1, 0.15) is 28.4 Å². The molecule has 0 aromatic carbocycles. The Morgan fingerprint density at radius 1 is 1.34 bits per heavy atom. The zero-order valence-electron chi connectivity index (χ0n) is 21.2. The molecule has 3 heterocycles. The molecule has 208 valence electrons. The first-order valence-corrected chi connectivity index (χ1v) is 18.4. The molecule has 0 aliphatic carbocycles. The molecule has 1 aromatic heterocycles. The van der Waals surface area contributed by atoms with E-state index in [2.05, 4.69) is 44.5 Å². The highest BCUT2D eigenvalue weighted by Gasteiger charge is 2.54. The molecule has 12 nitrogen and oxygen atoms in total. The first kappa shape index (κ1) is 30.6. The van der Waals surface area contributed by atoms with Gasteiger partial charge in [0.15, 0.2) is 6.79 Å². The number of rotatable bonds is 14. The van der Waals surface area contributed by atoms with Crippen molar-refractivity contribution in [3.63, 3.8) is 0 Å². The summed E-state index contributed by atoms with van der Waals surface area (Å²) in [6.45, 7) is 6.90. The van der Waals surface area contributed by atoms with Gasteiger partial charge in [-0.25, -0.2) is 4.79 Å². The maximum atomic E-state index is 13.2. The lowest BCUT2D eigenvalue weighted by atomic mass is 10.0. The molecule has 0 saturated carbocycles. The van der Waals surface area contributed by atoms with Crippen LogP contribution in [0.25, 0.3) is 0 Å². The highest BCUT2D eigenvalue weighted by atomic mass is 35.5. The minimum atomic E-state index is -1.30. The number of halogens is 1.